The van der Waals surface area contributed by atoms with Gasteiger partial charge in [0, 0.05) is 13.2 Å². The normalized spacial score (nSPS) is 11.5. The third-order valence-electron chi connectivity index (χ3n) is 3.46. The Labute approximate surface area is 134 Å². The molecule has 2 rings (SSSR count). The first-order valence-electron chi connectivity index (χ1n) is 7.23. The van der Waals surface area contributed by atoms with E-state index >= 15 is 0 Å². The van der Waals surface area contributed by atoms with Gasteiger partial charge in [0.1, 0.15) is 17.1 Å². The number of aryl methyl sites for hydroxylation is 1. The number of carbonyl (C=O) groups excluding carboxylic acids is 1. The summed E-state index contributed by atoms with van der Waals surface area (Å²) in [7, 11) is 1.63. The average molecular weight is 319 g/mol. The van der Waals surface area contributed by atoms with E-state index < -0.39 is 5.97 Å². The molecule has 0 bridgehead atoms. The lowest BCUT2D eigenvalue weighted by atomic mass is 10.1. The summed E-state index contributed by atoms with van der Waals surface area (Å²) in [6.07, 6.45) is 3.23. The molecule has 0 radical (unpaired) electrons. The van der Waals surface area contributed by atoms with Gasteiger partial charge >= 0.3 is 5.97 Å². The number of amides is 1. The molecule has 0 saturated carbocycles. The molecule has 2 heterocycles. The molecule has 0 aliphatic carbocycles. The molecule has 2 aromatic heterocycles. The van der Waals surface area contributed by atoms with Crippen molar-refractivity contribution >= 4 is 11.9 Å². The van der Waals surface area contributed by atoms with E-state index in [1.165, 1.54) is 17.2 Å². The zero-order valence-corrected chi connectivity index (χ0v) is 14.0. The van der Waals surface area contributed by atoms with Crippen LogP contribution in [0.5, 0.6) is 0 Å². The fourth-order valence-corrected chi connectivity index (χ4v) is 2.16. The van der Waals surface area contributed by atoms with Crippen LogP contribution in [-0.4, -0.2) is 38.7 Å². The fraction of sp³-hybridized carbons (Fsp3) is 0.438. The fourth-order valence-electron chi connectivity index (χ4n) is 2.16. The predicted molar refractivity (Wildman–Crippen MR) is 83.4 cm³/mol. The molecule has 2 aromatic rings. The SMILES string of the molecule is Cc1oc(CN(C)C(=O)c2cnn(C(C)(C)C)c2)cc1C(=O)O. The van der Waals surface area contributed by atoms with E-state index in [-0.39, 0.29) is 23.6 Å². The zero-order chi connectivity index (χ0) is 17.4. The Hall–Kier alpha value is -2.57. The Balaban J connectivity index is 2.12. The van der Waals surface area contributed by atoms with E-state index in [2.05, 4.69) is 5.10 Å². The van der Waals surface area contributed by atoms with Gasteiger partial charge in [-0.1, -0.05) is 0 Å². The van der Waals surface area contributed by atoms with Gasteiger partial charge in [-0.05, 0) is 33.8 Å². The molecule has 0 aliphatic rings. The van der Waals surface area contributed by atoms with Crippen molar-refractivity contribution < 1.29 is 19.1 Å². The number of aromatic carboxylic acids is 1. The van der Waals surface area contributed by atoms with Crippen molar-refractivity contribution in [2.75, 3.05) is 7.05 Å². The number of aromatic nitrogens is 2. The molecular formula is C16H21N3O4. The highest BCUT2D eigenvalue weighted by atomic mass is 16.4. The van der Waals surface area contributed by atoms with Crippen LogP contribution in [-0.2, 0) is 12.1 Å². The van der Waals surface area contributed by atoms with E-state index in [4.69, 9.17) is 9.52 Å². The van der Waals surface area contributed by atoms with Crippen LogP contribution in [0.4, 0.5) is 0 Å². The summed E-state index contributed by atoms with van der Waals surface area (Å²) in [5.41, 5.74) is 0.386. The van der Waals surface area contributed by atoms with E-state index in [0.717, 1.165) is 0 Å². The largest absolute Gasteiger partial charge is 0.478 e. The van der Waals surface area contributed by atoms with Gasteiger partial charge in [0.05, 0.1) is 23.8 Å². The number of rotatable bonds is 4. The minimum absolute atomic E-state index is 0.112. The van der Waals surface area contributed by atoms with Crippen molar-refractivity contribution in [3.8, 4) is 0 Å². The van der Waals surface area contributed by atoms with Crippen molar-refractivity contribution in [2.24, 2.45) is 0 Å². The van der Waals surface area contributed by atoms with E-state index in [9.17, 15) is 9.59 Å². The lowest BCUT2D eigenvalue weighted by molar-refractivity contribution is 0.0694. The summed E-state index contributed by atoms with van der Waals surface area (Å²) in [6, 6.07) is 1.44. The summed E-state index contributed by atoms with van der Waals surface area (Å²) in [5, 5.41) is 13.2. The molecule has 1 N–H and O–H groups in total. The van der Waals surface area contributed by atoms with Crippen molar-refractivity contribution in [3.63, 3.8) is 0 Å². The number of hydrogen-bond donors (Lipinski definition) is 1. The summed E-state index contributed by atoms with van der Waals surface area (Å²) in [5.74, 6) is -0.489. The second-order valence-electron chi connectivity index (χ2n) is 6.49. The quantitative estimate of drug-likeness (QED) is 0.935. The van der Waals surface area contributed by atoms with Crippen molar-refractivity contribution in [1.82, 2.24) is 14.7 Å². The molecule has 23 heavy (non-hydrogen) atoms. The molecule has 0 aliphatic heterocycles. The smallest absolute Gasteiger partial charge is 0.339 e. The van der Waals surface area contributed by atoms with Crippen LogP contribution in [0.3, 0.4) is 0 Å². The van der Waals surface area contributed by atoms with Crippen LogP contribution in [0, 0.1) is 6.92 Å². The molecule has 1 amide bonds. The molecule has 124 valence electrons. The van der Waals surface area contributed by atoms with Crippen LogP contribution in [0.1, 0.15) is 53.0 Å². The van der Waals surface area contributed by atoms with Crippen LogP contribution < -0.4 is 0 Å². The molecule has 7 nitrogen and oxygen atoms in total. The van der Waals surface area contributed by atoms with Crippen molar-refractivity contribution in [3.05, 3.63) is 41.1 Å². The first-order valence-corrected chi connectivity index (χ1v) is 7.23. The van der Waals surface area contributed by atoms with E-state index in [1.54, 1.807) is 24.9 Å². The number of hydrogen-bond acceptors (Lipinski definition) is 4. The zero-order valence-electron chi connectivity index (χ0n) is 14.0. The van der Waals surface area contributed by atoms with Gasteiger partial charge in [0.2, 0.25) is 0 Å². The molecule has 7 heteroatoms. The van der Waals surface area contributed by atoms with Crippen LogP contribution in [0.2, 0.25) is 0 Å². The Morgan fingerprint density at radius 1 is 1.39 bits per heavy atom. The van der Waals surface area contributed by atoms with Crippen molar-refractivity contribution in [1.29, 1.82) is 0 Å². The molecule has 0 unspecified atom stereocenters. The molecule has 0 fully saturated rings. The van der Waals surface area contributed by atoms with Gasteiger partial charge in [0.25, 0.3) is 5.91 Å². The summed E-state index contributed by atoms with van der Waals surface area (Å²) in [6.45, 7) is 7.76. The maximum absolute atomic E-state index is 12.4. The van der Waals surface area contributed by atoms with Gasteiger partial charge < -0.3 is 14.4 Å². The molecule has 0 aromatic carbocycles. The van der Waals surface area contributed by atoms with Gasteiger partial charge in [-0.15, -0.1) is 0 Å². The number of carboxylic acid groups (broad SMARTS) is 1. The maximum atomic E-state index is 12.4. The molecule has 0 atom stereocenters. The molecule has 0 saturated heterocycles. The topological polar surface area (TPSA) is 88.6 Å². The number of carboxylic acids is 1. The van der Waals surface area contributed by atoms with Crippen LogP contribution >= 0.6 is 0 Å². The van der Waals surface area contributed by atoms with E-state index in [0.29, 0.717) is 17.1 Å². The third kappa shape index (κ3) is 3.61. The second-order valence-corrected chi connectivity index (χ2v) is 6.49. The summed E-state index contributed by atoms with van der Waals surface area (Å²) in [4.78, 5) is 24.9. The highest BCUT2D eigenvalue weighted by molar-refractivity contribution is 5.93. The summed E-state index contributed by atoms with van der Waals surface area (Å²) < 4.78 is 7.13. The van der Waals surface area contributed by atoms with Crippen LogP contribution in [0.25, 0.3) is 0 Å². The Kier molecular flexibility index (Phi) is 4.31. The predicted octanol–water partition coefficient (Wildman–Crippen LogP) is 2.51. The summed E-state index contributed by atoms with van der Waals surface area (Å²) >= 11 is 0. The number of nitrogens with zero attached hydrogens (tertiary/aromatic N) is 3. The molecular weight excluding hydrogens is 298 g/mol. The second kappa shape index (κ2) is 5.91. The Morgan fingerprint density at radius 2 is 2.04 bits per heavy atom. The third-order valence-corrected chi connectivity index (χ3v) is 3.46. The lowest BCUT2D eigenvalue weighted by Crippen LogP contribution is -2.26. The van der Waals surface area contributed by atoms with Crippen molar-refractivity contribution in [2.45, 2.75) is 39.8 Å². The molecule has 0 spiro atoms. The highest BCUT2D eigenvalue weighted by Gasteiger charge is 2.21. The average Bonchev–Trinajstić information content (AvgIpc) is 3.04. The van der Waals surface area contributed by atoms with Gasteiger partial charge in [-0.2, -0.15) is 5.10 Å². The monoisotopic (exact) mass is 319 g/mol. The highest BCUT2D eigenvalue weighted by Crippen LogP contribution is 2.18. The van der Waals surface area contributed by atoms with Gasteiger partial charge in [-0.25, -0.2) is 4.79 Å². The van der Waals surface area contributed by atoms with Crippen LogP contribution in [0.15, 0.2) is 22.9 Å². The minimum Gasteiger partial charge on any atom is -0.478 e. The van der Waals surface area contributed by atoms with E-state index in [1.807, 2.05) is 20.8 Å². The first-order chi connectivity index (χ1) is 10.6. The van der Waals surface area contributed by atoms with Gasteiger partial charge in [0.15, 0.2) is 0 Å². The standard InChI is InChI=1S/C16H21N3O4/c1-10-13(15(21)22)6-12(23-10)9-18(5)14(20)11-7-17-19(8-11)16(2,3)4/h6-8H,9H2,1-5H3,(H,21,22). The first kappa shape index (κ1) is 16.8. The Bertz CT molecular complexity index is 737. The van der Waals surface area contributed by atoms with Gasteiger partial charge in [-0.3, -0.25) is 9.48 Å². The maximum Gasteiger partial charge on any atom is 0.339 e. The number of furan rings is 1. The minimum atomic E-state index is -1.04. The number of carbonyl (C=O) groups is 2. The lowest BCUT2D eigenvalue weighted by Gasteiger charge is -2.19. The Morgan fingerprint density at radius 3 is 2.52 bits per heavy atom.